The summed E-state index contributed by atoms with van der Waals surface area (Å²) >= 11 is 1.93. The van der Waals surface area contributed by atoms with Crippen molar-refractivity contribution in [2.75, 3.05) is 5.32 Å². The second kappa shape index (κ2) is 8.05. The predicted molar refractivity (Wildman–Crippen MR) is 96.7 cm³/mol. The van der Waals surface area contributed by atoms with Gasteiger partial charge in [0.25, 0.3) is 0 Å². The van der Waals surface area contributed by atoms with E-state index in [1.54, 1.807) is 0 Å². The van der Waals surface area contributed by atoms with E-state index in [1.165, 1.54) is 28.9 Å². The van der Waals surface area contributed by atoms with Crippen molar-refractivity contribution in [3.8, 4) is 0 Å². The van der Waals surface area contributed by atoms with Crippen LogP contribution in [0.3, 0.4) is 0 Å². The van der Waals surface area contributed by atoms with Gasteiger partial charge in [-0.15, -0.1) is 11.8 Å². The highest BCUT2D eigenvalue weighted by molar-refractivity contribution is 8.00. The van der Waals surface area contributed by atoms with Crippen molar-refractivity contribution in [1.29, 1.82) is 0 Å². The van der Waals surface area contributed by atoms with Gasteiger partial charge in [-0.05, 0) is 43.9 Å². The van der Waals surface area contributed by atoms with Gasteiger partial charge in [0, 0.05) is 10.1 Å². The number of carbonyl (C=O) groups is 1. The number of aryl methyl sites for hydroxylation is 2. The van der Waals surface area contributed by atoms with Crippen molar-refractivity contribution in [1.82, 2.24) is 0 Å². The third-order valence-electron chi connectivity index (χ3n) is 4.44. The third-order valence-corrected chi connectivity index (χ3v) is 6.09. The highest BCUT2D eigenvalue weighted by Crippen LogP contribution is 2.43. The van der Waals surface area contributed by atoms with Gasteiger partial charge in [-0.1, -0.05) is 45.6 Å². The molecule has 3 heteroatoms. The fourth-order valence-corrected chi connectivity index (χ4v) is 4.73. The average molecular weight is 320 g/mol. The Bertz CT molecular complexity index is 526. The lowest BCUT2D eigenvalue weighted by molar-refractivity contribution is -0.120. The highest BCUT2D eigenvalue weighted by atomic mass is 32.2. The lowest BCUT2D eigenvalue weighted by Crippen LogP contribution is -2.29. The minimum Gasteiger partial charge on any atom is -0.325 e. The summed E-state index contributed by atoms with van der Waals surface area (Å²) < 4.78 is 0. The maximum Gasteiger partial charge on any atom is 0.228 e. The van der Waals surface area contributed by atoms with Gasteiger partial charge in [0.1, 0.15) is 0 Å². The van der Waals surface area contributed by atoms with Crippen LogP contribution in [0, 0.1) is 19.8 Å². The largest absolute Gasteiger partial charge is 0.325 e. The summed E-state index contributed by atoms with van der Waals surface area (Å²) in [6, 6.07) is 4.34. The molecule has 0 radical (unpaired) electrons. The molecule has 2 nitrogen and oxygen atoms in total. The minimum atomic E-state index is 0.142. The van der Waals surface area contributed by atoms with Gasteiger partial charge in [0.05, 0.1) is 11.6 Å². The van der Waals surface area contributed by atoms with Crippen LogP contribution in [-0.2, 0) is 4.79 Å². The number of benzene rings is 1. The molecule has 1 aliphatic rings. The molecule has 2 unspecified atom stereocenters. The number of fused-ring (bicyclic) bond motifs is 1. The Morgan fingerprint density at radius 3 is 2.45 bits per heavy atom. The number of carbonyl (C=O) groups excluding carboxylic acids is 1. The van der Waals surface area contributed by atoms with Crippen molar-refractivity contribution in [3.05, 3.63) is 23.3 Å². The van der Waals surface area contributed by atoms with Crippen LogP contribution in [0.25, 0.3) is 0 Å². The molecule has 1 N–H and O–H groups in total. The van der Waals surface area contributed by atoms with Crippen molar-refractivity contribution >= 4 is 23.4 Å². The lowest BCUT2D eigenvalue weighted by Gasteiger charge is -2.23. The number of hydrogen-bond acceptors (Lipinski definition) is 2. The van der Waals surface area contributed by atoms with Crippen LogP contribution in [0.15, 0.2) is 17.0 Å². The molecular weight excluding hydrogens is 290 g/mol. The fourth-order valence-electron chi connectivity index (χ4n) is 3.24. The minimum absolute atomic E-state index is 0.142. The monoisotopic (exact) mass is 319 g/mol. The third kappa shape index (κ3) is 4.07. The van der Waals surface area contributed by atoms with E-state index in [4.69, 9.17) is 0 Å². The molecule has 1 amide bonds. The molecule has 2 rings (SSSR count). The van der Waals surface area contributed by atoms with Crippen LogP contribution < -0.4 is 5.32 Å². The summed E-state index contributed by atoms with van der Waals surface area (Å²) in [6.07, 6.45) is 6.83. The van der Waals surface area contributed by atoms with Crippen LogP contribution in [0.5, 0.6) is 0 Å². The van der Waals surface area contributed by atoms with Crippen LogP contribution in [-0.4, -0.2) is 11.2 Å². The zero-order valence-electron chi connectivity index (χ0n) is 14.4. The molecule has 0 aromatic heterocycles. The quantitative estimate of drug-likeness (QED) is 0.727. The van der Waals surface area contributed by atoms with Gasteiger partial charge in [-0.25, -0.2) is 0 Å². The van der Waals surface area contributed by atoms with Crippen LogP contribution >= 0.6 is 11.8 Å². The molecule has 1 aromatic rings. The molecule has 0 aliphatic carbocycles. The van der Waals surface area contributed by atoms with E-state index in [-0.39, 0.29) is 11.8 Å². The van der Waals surface area contributed by atoms with E-state index in [9.17, 15) is 4.79 Å². The zero-order valence-corrected chi connectivity index (χ0v) is 15.2. The van der Waals surface area contributed by atoms with Crippen molar-refractivity contribution < 1.29 is 4.79 Å². The number of thioether (sulfide) groups is 1. The SMILES string of the molecule is CCCCC1Sc2c(C)cc(C)cc2NC(=O)C1CCCC. The first-order valence-corrected chi connectivity index (χ1v) is 9.53. The fraction of sp³-hybridized carbons (Fsp3) is 0.632. The molecule has 1 aliphatic heterocycles. The topological polar surface area (TPSA) is 29.1 Å². The van der Waals surface area contributed by atoms with E-state index >= 15 is 0 Å². The van der Waals surface area contributed by atoms with E-state index in [0.717, 1.165) is 31.4 Å². The number of unbranched alkanes of at least 4 members (excludes halogenated alkanes) is 2. The first-order valence-electron chi connectivity index (χ1n) is 8.65. The summed E-state index contributed by atoms with van der Waals surface area (Å²) in [4.78, 5) is 14.0. The standard InChI is InChI=1S/C19H29NOS/c1-5-7-9-15-17(10-8-6-2)22-18-14(4)11-13(3)12-16(18)20-19(15)21/h11-12,15,17H,5-10H2,1-4H3,(H,20,21). The molecule has 2 atom stereocenters. The summed E-state index contributed by atoms with van der Waals surface area (Å²) in [7, 11) is 0. The summed E-state index contributed by atoms with van der Waals surface area (Å²) in [6.45, 7) is 8.68. The van der Waals surface area contributed by atoms with Gasteiger partial charge in [0.2, 0.25) is 5.91 Å². The molecule has 0 saturated carbocycles. The number of amides is 1. The lowest BCUT2D eigenvalue weighted by atomic mass is 9.94. The molecule has 1 aromatic carbocycles. The molecule has 0 bridgehead atoms. The summed E-state index contributed by atoms with van der Waals surface area (Å²) in [5.74, 6) is 0.370. The van der Waals surface area contributed by atoms with Gasteiger partial charge in [-0.2, -0.15) is 0 Å². The van der Waals surface area contributed by atoms with Crippen LogP contribution in [0.4, 0.5) is 5.69 Å². The Labute approximate surface area is 139 Å². The Kier molecular flexibility index (Phi) is 6.37. The number of nitrogens with one attached hydrogen (secondary N) is 1. The second-order valence-corrected chi connectivity index (χ2v) is 7.74. The Balaban J connectivity index is 2.32. The van der Waals surface area contributed by atoms with Gasteiger partial charge in [0.15, 0.2) is 0 Å². The van der Waals surface area contributed by atoms with Crippen LogP contribution in [0.1, 0.15) is 63.5 Å². The first kappa shape index (κ1) is 17.4. The van der Waals surface area contributed by atoms with Crippen molar-refractivity contribution in [2.24, 2.45) is 5.92 Å². The maximum atomic E-state index is 12.8. The zero-order chi connectivity index (χ0) is 16.1. The Morgan fingerprint density at radius 2 is 1.77 bits per heavy atom. The molecule has 1 heterocycles. The highest BCUT2D eigenvalue weighted by Gasteiger charge is 2.32. The van der Waals surface area contributed by atoms with E-state index in [2.05, 4.69) is 45.1 Å². The van der Waals surface area contributed by atoms with E-state index < -0.39 is 0 Å². The summed E-state index contributed by atoms with van der Waals surface area (Å²) in [5, 5.41) is 3.62. The molecule has 0 fully saturated rings. The normalized spacial score (nSPS) is 21.2. The van der Waals surface area contributed by atoms with Crippen LogP contribution in [0.2, 0.25) is 0 Å². The summed E-state index contributed by atoms with van der Waals surface area (Å²) in [5.41, 5.74) is 3.53. The van der Waals surface area contributed by atoms with E-state index in [1.807, 2.05) is 11.8 Å². The number of anilines is 1. The smallest absolute Gasteiger partial charge is 0.228 e. The Morgan fingerprint density at radius 1 is 1.09 bits per heavy atom. The molecule has 122 valence electrons. The van der Waals surface area contributed by atoms with Crippen molar-refractivity contribution in [2.45, 2.75) is 76.4 Å². The van der Waals surface area contributed by atoms with Gasteiger partial charge in [-0.3, -0.25) is 4.79 Å². The number of hydrogen-bond donors (Lipinski definition) is 1. The Hall–Kier alpha value is -0.960. The van der Waals surface area contributed by atoms with Crippen molar-refractivity contribution in [3.63, 3.8) is 0 Å². The van der Waals surface area contributed by atoms with Gasteiger partial charge >= 0.3 is 0 Å². The molecule has 0 saturated heterocycles. The first-order chi connectivity index (χ1) is 10.6. The molecule has 22 heavy (non-hydrogen) atoms. The average Bonchev–Trinajstić information content (AvgIpc) is 2.59. The van der Waals surface area contributed by atoms with E-state index in [0.29, 0.717) is 5.25 Å². The second-order valence-electron chi connectivity index (χ2n) is 6.50. The number of rotatable bonds is 6. The predicted octanol–water partition coefficient (Wildman–Crippen LogP) is 5.71. The maximum absolute atomic E-state index is 12.8. The van der Waals surface area contributed by atoms with Gasteiger partial charge < -0.3 is 5.32 Å². The molecule has 0 spiro atoms. The molecular formula is C19H29NOS.